The molecule has 1 saturated heterocycles. The number of imide groups is 2. The fourth-order valence-electron chi connectivity index (χ4n) is 1.36. The van der Waals surface area contributed by atoms with E-state index in [4.69, 9.17) is 0 Å². The molecule has 1 fully saturated rings. The first kappa shape index (κ1) is 11.7. The second kappa shape index (κ2) is 5.05. The number of rotatable bonds is 2. The minimum absolute atomic E-state index is 0.116. The Morgan fingerprint density at radius 2 is 1.83 bits per heavy atom. The molecule has 1 aliphatic heterocycles. The van der Waals surface area contributed by atoms with Gasteiger partial charge in [-0.3, -0.25) is 25.2 Å². The summed E-state index contributed by atoms with van der Waals surface area (Å²) in [6.45, 7) is 0. The van der Waals surface area contributed by atoms with Crippen LogP contribution in [0.5, 0.6) is 0 Å². The molecule has 4 amide bonds. The van der Waals surface area contributed by atoms with Crippen LogP contribution >= 0.6 is 0 Å². The Kier molecular flexibility index (Phi) is 3.29. The molecule has 18 heavy (non-hydrogen) atoms. The summed E-state index contributed by atoms with van der Waals surface area (Å²) in [7, 11) is 0. The number of nitrogens with zero attached hydrogens (tertiary/aromatic N) is 1. The van der Waals surface area contributed by atoms with Crippen LogP contribution in [0.2, 0.25) is 0 Å². The standard InChI is InChI=1S/C12H9N3O3/c16-10-9(11(17)15-12(18)14-10)5-1-3-8-4-2-6-13-7-8/h1-7H,(H2,14,15,16,17,18)/b3-1+. The lowest BCUT2D eigenvalue weighted by Crippen LogP contribution is -2.51. The van der Waals surface area contributed by atoms with Crippen LogP contribution in [0.15, 0.2) is 42.3 Å². The molecule has 0 radical (unpaired) electrons. The second-order valence-electron chi connectivity index (χ2n) is 3.46. The average molecular weight is 243 g/mol. The van der Waals surface area contributed by atoms with E-state index in [0.717, 1.165) is 5.56 Å². The molecule has 2 rings (SSSR count). The first-order chi connectivity index (χ1) is 8.66. The zero-order chi connectivity index (χ0) is 13.0. The van der Waals surface area contributed by atoms with Gasteiger partial charge in [-0.2, -0.15) is 0 Å². The summed E-state index contributed by atoms with van der Waals surface area (Å²) in [5.74, 6) is -1.42. The number of allylic oxidation sites excluding steroid dienone is 2. The van der Waals surface area contributed by atoms with Crippen LogP contribution in [0, 0.1) is 0 Å². The van der Waals surface area contributed by atoms with Crippen LogP contribution in [0.1, 0.15) is 5.56 Å². The molecule has 0 unspecified atom stereocenters. The summed E-state index contributed by atoms with van der Waals surface area (Å²) in [6, 6.07) is 2.79. The van der Waals surface area contributed by atoms with E-state index < -0.39 is 17.8 Å². The molecular formula is C12H9N3O3. The molecule has 0 bridgehead atoms. The van der Waals surface area contributed by atoms with Crippen LogP contribution in [0.4, 0.5) is 4.79 Å². The van der Waals surface area contributed by atoms with E-state index >= 15 is 0 Å². The fraction of sp³-hybridized carbons (Fsp3) is 0. The SMILES string of the molecule is O=C1NC(=O)C(=C/C=C/c2cccnc2)C(=O)N1. The molecule has 1 aromatic heterocycles. The number of barbiturate groups is 1. The quantitative estimate of drug-likeness (QED) is 0.581. The zero-order valence-corrected chi connectivity index (χ0v) is 9.21. The smallest absolute Gasteiger partial charge is 0.273 e. The average Bonchev–Trinajstić information content (AvgIpc) is 2.34. The number of hydrogen-bond donors (Lipinski definition) is 2. The molecular weight excluding hydrogens is 234 g/mol. The highest BCUT2D eigenvalue weighted by Gasteiger charge is 2.26. The Bertz CT molecular complexity index is 539. The summed E-state index contributed by atoms with van der Waals surface area (Å²) in [5.41, 5.74) is 0.719. The van der Waals surface area contributed by atoms with Gasteiger partial charge >= 0.3 is 6.03 Å². The third-order valence-electron chi connectivity index (χ3n) is 2.18. The molecule has 6 nitrogen and oxygen atoms in total. The van der Waals surface area contributed by atoms with Gasteiger partial charge < -0.3 is 0 Å². The summed E-state index contributed by atoms with van der Waals surface area (Å²) >= 11 is 0. The van der Waals surface area contributed by atoms with Crippen molar-refractivity contribution < 1.29 is 14.4 Å². The number of pyridine rings is 1. The Morgan fingerprint density at radius 3 is 2.44 bits per heavy atom. The van der Waals surface area contributed by atoms with Crippen LogP contribution in [0.25, 0.3) is 6.08 Å². The number of nitrogens with one attached hydrogen (secondary N) is 2. The molecule has 1 aliphatic rings. The lowest BCUT2D eigenvalue weighted by atomic mass is 10.1. The van der Waals surface area contributed by atoms with Crippen molar-refractivity contribution in [2.75, 3.05) is 0 Å². The maximum absolute atomic E-state index is 11.4. The van der Waals surface area contributed by atoms with Gasteiger partial charge in [-0.1, -0.05) is 18.2 Å². The van der Waals surface area contributed by atoms with Crippen LogP contribution in [-0.2, 0) is 9.59 Å². The van der Waals surface area contributed by atoms with Crippen LogP contribution in [-0.4, -0.2) is 22.8 Å². The highest BCUT2D eigenvalue weighted by atomic mass is 16.2. The van der Waals surface area contributed by atoms with Gasteiger partial charge in [-0.15, -0.1) is 0 Å². The first-order valence-corrected chi connectivity index (χ1v) is 5.12. The Morgan fingerprint density at radius 1 is 1.11 bits per heavy atom. The fourth-order valence-corrected chi connectivity index (χ4v) is 1.36. The van der Waals surface area contributed by atoms with E-state index in [1.54, 1.807) is 30.6 Å². The maximum Gasteiger partial charge on any atom is 0.328 e. The van der Waals surface area contributed by atoms with E-state index in [-0.39, 0.29) is 5.57 Å². The van der Waals surface area contributed by atoms with E-state index in [0.29, 0.717) is 0 Å². The highest BCUT2D eigenvalue weighted by molar-refractivity contribution is 6.29. The minimum Gasteiger partial charge on any atom is -0.273 e. The van der Waals surface area contributed by atoms with Gasteiger partial charge in [0.05, 0.1) is 0 Å². The summed E-state index contributed by atoms with van der Waals surface area (Å²) in [4.78, 5) is 37.4. The third-order valence-corrected chi connectivity index (χ3v) is 2.18. The largest absolute Gasteiger partial charge is 0.328 e. The van der Waals surface area contributed by atoms with Gasteiger partial charge in [0.15, 0.2) is 0 Å². The van der Waals surface area contributed by atoms with Crippen molar-refractivity contribution in [3.05, 3.63) is 47.8 Å². The Balaban J connectivity index is 2.14. The van der Waals surface area contributed by atoms with Gasteiger partial charge in [0.1, 0.15) is 5.57 Å². The monoisotopic (exact) mass is 243 g/mol. The van der Waals surface area contributed by atoms with Crippen LogP contribution in [0.3, 0.4) is 0 Å². The van der Waals surface area contributed by atoms with Gasteiger partial charge in [-0.05, 0) is 17.7 Å². The van der Waals surface area contributed by atoms with E-state index in [1.165, 1.54) is 6.08 Å². The number of carbonyl (C=O) groups is 3. The van der Waals surface area contributed by atoms with Crippen molar-refractivity contribution in [1.82, 2.24) is 15.6 Å². The molecule has 0 saturated carbocycles. The summed E-state index contributed by atoms with van der Waals surface area (Å²) in [5, 5.41) is 3.97. The summed E-state index contributed by atoms with van der Waals surface area (Å²) in [6.07, 6.45) is 7.85. The number of urea groups is 1. The van der Waals surface area contributed by atoms with Crippen molar-refractivity contribution >= 4 is 23.9 Å². The van der Waals surface area contributed by atoms with Gasteiger partial charge in [0.2, 0.25) is 0 Å². The zero-order valence-electron chi connectivity index (χ0n) is 9.21. The van der Waals surface area contributed by atoms with E-state index in [2.05, 4.69) is 4.98 Å². The lowest BCUT2D eigenvalue weighted by molar-refractivity contribution is -0.124. The van der Waals surface area contributed by atoms with Gasteiger partial charge in [-0.25, -0.2) is 4.79 Å². The highest BCUT2D eigenvalue weighted by Crippen LogP contribution is 2.03. The van der Waals surface area contributed by atoms with Crippen molar-refractivity contribution in [2.24, 2.45) is 0 Å². The Hall–Kier alpha value is -2.76. The first-order valence-electron chi connectivity index (χ1n) is 5.12. The molecule has 0 spiro atoms. The molecule has 2 N–H and O–H groups in total. The number of amides is 4. The summed E-state index contributed by atoms with van der Waals surface area (Å²) < 4.78 is 0. The second-order valence-corrected chi connectivity index (χ2v) is 3.46. The molecule has 90 valence electrons. The predicted octanol–water partition coefficient (Wildman–Crippen LogP) is 0.387. The number of hydrogen-bond acceptors (Lipinski definition) is 4. The van der Waals surface area contributed by atoms with E-state index in [1.807, 2.05) is 16.7 Å². The third kappa shape index (κ3) is 2.67. The molecule has 0 aromatic carbocycles. The van der Waals surface area contributed by atoms with E-state index in [9.17, 15) is 14.4 Å². The molecule has 0 atom stereocenters. The molecule has 1 aromatic rings. The maximum atomic E-state index is 11.4. The normalized spacial score (nSPS) is 15.6. The van der Waals surface area contributed by atoms with Crippen molar-refractivity contribution in [3.63, 3.8) is 0 Å². The molecule has 2 heterocycles. The lowest BCUT2D eigenvalue weighted by Gasteiger charge is -2.12. The van der Waals surface area contributed by atoms with Gasteiger partial charge in [0.25, 0.3) is 11.8 Å². The van der Waals surface area contributed by atoms with Crippen molar-refractivity contribution in [1.29, 1.82) is 0 Å². The number of carbonyl (C=O) groups excluding carboxylic acids is 3. The Labute approximate surface area is 102 Å². The van der Waals surface area contributed by atoms with Crippen LogP contribution < -0.4 is 10.6 Å². The predicted molar refractivity (Wildman–Crippen MR) is 63.0 cm³/mol. The molecule has 6 heteroatoms. The molecule has 0 aliphatic carbocycles. The number of aromatic nitrogens is 1. The topological polar surface area (TPSA) is 88.2 Å². The van der Waals surface area contributed by atoms with Crippen molar-refractivity contribution in [2.45, 2.75) is 0 Å². The van der Waals surface area contributed by atoms with Crippen molar-refractivity contribution in [3.8, 4) is 0 Å². The van der Waals surface area contributed by atoms with Gasteiger partial charge in [0, 0.05) is 12.4 Å². The minimum atomic E-state index is -0.807.